The lowest BCUT2D eigenvalue weighted by Gasteiger charge is -2.62. The number of piperazine rings is 1. The standard InChI is InChI=1S/C46H55F2N3O12/c1-23-16-33-32-11-8-27-17-29(53)12-13-43(27,5)45(32,48)35(54)19-44(33,6)46(23,59)36(55)22-61-41(57)31-21-51(28-9-10-28)37-30(39(31)56)18-34(47)38(40(37)60-7)49-14-15-50(24(2)20-49)42(58)63-26(4)62-25(3)52/h12-13,17-18,21,23-24,26,28,32-33,35,54,59H,8-11,14-16,19-20,22H2,1-7H3/t23-,24?,26?,32+,33+,35+,43+,44+,45+,46+/m1/s1. The summed E-state index contributed by atoms with van der Waals surface area (Å²) < 4.78 is 57.2. The summed E-state index contributed by atoms with van der Waals surface area (Å²) >= 11 is 0. The molecule has 5 fully saturated rings. The van der Waals surface area contributed by atoms with Gasteiger partial charge in [-0.2, -0.15) is 0 Å². The van der Waals surface area contributed by atoms with Crippen molar-refractivity contribution in [3.8, 4) is 5.75 Å². The highest BCUT2D eigenvalue weighted by atomic mass is 19.1. The molecule has 8 rings (SSSR count). The Morgan fingerprint density at radius 2 is 1.76 bits per heavy atom. The van der Waals surface area contributed by atoms with Crippen molar-refractivity contribution >= 4 is 46.2 Å². The molecule has 1 saturated heterocycles. The van der Waals surface area contributed by atoms with Crippen molar-refractivity contribution in [1.29, 1.82) is 0 Å². The molecule has 0 bridgehead atoms. The van der Waals surface area contributed by atoms with E-state index in [4.69, 9.17) is 18.9 Å². The maximum atomic E-state index is 17.7. The van der Waals surface area contributed by atoms with Gasteiger partial charge in [0.25, 0.3) is 0 Å². The summed E-state index contributed by atoms with van der Waals surface area (Å²) in [6, 6.07) is 0.383. The van der Waals surface area contributed by atoms with Gasteiger partial charge in [0.2, 0.25) is 17.5 Å². The number of rotatable bonds is 9. The topological polar surface area (TPSA) is 191 Å². The molecule has 1 aliphatic heterocycles. The number of hydrogen-bond donors (Lipinski definition) is 2. The van der Waals surface area contributed by atoms with Gasteiger partial charge >= 0.3 is 18.0 Å². The molecule has 340 valence electrons. The summed E-state index contributed by atoms with van der Waals surface area (Å²) in [6.45, 7) is 8.91. The van der Waals surface area contributed by atoms with Crippen LogP contribution >= 0.6 is 0 Å². The predicted octanol–water partition coefficient (Wildman–Crippen LogP) is 5.11. The molecule has 0 radical (unpaired) electrons. The van der Waals surface area contributed by atoms with Gasteiger partial charge in [-0.3, -0.25) is 19.2 Å². The quantitative estimate of drug-likeness (QED) is 0.250. The molecule has 6 aliphatic rings. The number of allylic oxidation sites excluding steroid dienone is 4. The number of halogens is 2. The lowest BCUT2D eigenvalue weighted by molar-refractivity contribution is -0.219. The molecule has 15 nitrogen and oxygen atoms in total. The minimum Gasteiger partial charge on any atom is -0.492 e. The van der Waals surface area contributed by atoms with Crippen LogP contribution in [-0.2, 0) is 28.6 Å². The number of alkyl halides is 1. The van der Waals surface area contributed by atoms with Crippen molar-refractivity contribution in [2.24, 2.45) is 28.6 Å². The van der Waals surface area contributed by atoms with Crippen molar-refractivity contribution < 1.29 is 61.9 Å². The first kappa shape index (κ1) is 44.4. The fourth-order valence-electron chi connectivity index (χ4n) is 12.1. The number of aliphatic hydroxyl groups excluding tert-OH is 1. The molecule has 1 amide bonds. The van der Waals surface area contributed by atoms with Gasteiger partial charge < -0.3 is 43.5 Å². The number of aliphatic hydroxyl groups is 2. The van der Waals surface area contributed by atoms with Gasteiger partial charge in [-0.1, -0.05) is 25.5 Å². The Balaban J connectivity index is 1.03. The van der Waals surface area contributed by atoms with Gasteiger partial charge in [0, 0.05) is 68.5 Å². The number of amides is 1. The van der Waals surface area contributed by atoms with Crippen LogP contribution in [-0.4, -0.2) is 112 Å². The summed E-state index contributed by atoms with van der Waals surface area (Å²) in [5, 5.41) is 24.0. The summed E-state index contributed by atoms with van der Waals surface area (Å²) in [4.78, 5) is 81.8. The highest BCUT2D eigenvalue weighted by Gasteiger charge is 2.75. The number of Topliss-reactive ketones (excluding diaryl/α,β-unsaturated/α-hetero) is 1. The fourth-order valence-corrected chi connectivity index (χ4v) is 12.1. The van der Waals surface area contributed by atoms with E-state index < -0.39 is 106 Å². The number of methoxy groups -OCH3 is 1. The summed E-state index contributed by atoms with van der Waals surface area (Å²) in [5.74, 6) is -5.63. The van der Waals surface area contributed by atoms with Crippen LogP contribution in [0.4, 0.5) is 19.3 Å². The van der Waals surface area contributed by atoms with E-state index in [2.05, 4.69) is 0 Å². The number of ether oxygens (including phenoxy) is 4. The number of pyridine rings is 1. The van der Waals surface area contributed by atoms with Crippen molar-refractivity contribution in [1.82, 2.24) is 9.47 Å². The number of anilines is 1. The molecule has 1 aromatic carbocycles. The van der Waals surface area contributed by atoms with Crippen LogP contribution in [0.3, 0.4) is 0 Å². The molecule has 10 atom stereocenters. The highest BCUT2D eigenvalue weighted by Crippen LogP contribution is 2.70. The zero-order valence-corrected chi connectivity index (χ0v) is 36.6. The van der Waals surface area contributed by atoms with Crippen LogP contribution in [0.2, 0.25) is 0 Å². The van der Waals surface area contributed by atoms with Gasteiger partial charge in [-0.05, 0) is 82.4 Å². The SMILES string of the molecule is COc1c(N2CCN(C(=O)OC(C)OC(C)=O)C(C)C2)c(F)cc2c(=O)c(C(=O)OCC(=O)[C@@]3(O)[C@H](C)C[C@H]4[C@@H]5CCC6=CC(=O)C=C[C@]6(C)[C@@]5(F)[C@@H](O)C[C@@]43C)cn(C3CC3)c12. The molecule has 2 N–H and O–H groups in total. The lowest BCUT2D eigenvalue weighted by atomic mass is 9.44. The molecule has 2 aromatic rings. The first-order valence-corrected chi connectivity index (χ1v) is 21.7. The second kappa shape index (κ2) is 15.5. The van der Waals surface area contributed by atoms with Crippen LogP contribution in [0.25, 0.3) is 10.9 Å². The number of carbonyl (C=O) groups is 5. The summed E-state index contributed by atoms with van der Waals surface area (Å²) in [6.07, 6.45) is 4.29. The number of ketones is 2. The van der Waals surface area contributed by atoms with Gasteiger partial charge in [-0.25, -0.2) is 18.4 Å². The van der Waals surface area contributed by atoms with Crippen LogP contribution in [0, 0.1) is 34.4 Å². The molecule has 0 spiro atoms. The van der Waals surface area contributed by atoms with E-state index in [1.807, 2.05) is 0 Å². The second-order valence-electron chi connectivity index (χ2n) is 18.9. The molecular weight excluding hydrogens is 825 g/mol. The molecule has 63 heavy (non-hydrogen) atoms. The predicted molar refractivity (Wildman–Crippen MR) is 222 cm³/mol. The smallest absolute Gasteiger partial charge is 0.413 e. The van der Waals surface area contributed by atoms with Crippen molar-refractivity contribution in [2.75, 3.05) is 38.3 Å². The minimum atomic E-state index is -2.17. The van der Waals surface area contributed by atoms with Crippen LogP contribution < -0.4 is 15.1 Å². The van der Waals surface area contributed by atoms with Gasteiger partial charge in [-0.15, -0.1) is 0 Å². The van der Waals surface area contributed by atoms with E-state index in [-0.39, 0.29) is 66.6 Å². The van der Waals surface area contributed by atoms with Gasteiger partial charge in [0.05, 0.1) is 24.1 Å². The van der Waals surface area contributed by atoms with E-state index in [1.54, 1.807) is 37.2 Å². The third-order valence-electron chi connectivity index (χ3n) is 15.3. The lowest BCUT2D eigenvalue weighted by Crippen LogP contribution is -2.69. The molecule has 2 unspecified atom stereocenters. The fraction of sp³-hybridized carbons (Fsp3) is 0.609. The monoisotopic (exact) mass is 879 g/mol. The van der Waals surface area contributed by atoms with Crippen molar-refractivity contribution in [3.05, 3.63) is 57.7 Å². The molecule has 4 saturated carbocycles. The number of benzene rings is 1. The molecular formula is C46H55F2N3O12. The van der Waals surface area contributed by atoms with E-state index in [0.717, 1.165) is 6.07 Å². The number of esters is 2. The van der Waals surface area contributed by atoms with Gasteiger partial charge in [0.15, 0.2) is 29.6 Å². The number of aromatic nitrogens is 1. The maximum absolute atomic E-state index is 17.7. The van der Waals surface area contributed by atoms with Crippen molar-refractivity contribution in [3.63, 3.8) is 0 Å². The highest BCUT2D eigenvalue weighted by molar-refractivity contribution is 6.01. The van der Waals surface area contributed by atoms with Crippen LogP contribution in [0.1, 0.15) is 96.5 Å². The van der Waals surface area contributed by atoms with E-state index in [9.17, 15) is 39.0 Å². The Bertz CT molecular complexity index is 2430. The largest absolute Gasteiger partial charge is 0.492 e. The Morgan fingerprint density at radius 1 is 1.05 bits per heavy atom. The third kappa shape index (κ3) is 6.69. The van der Waals surface area contributed by atoms with E-state index in [1.165, 1.54) is 50.3 Å². The van der Waals surface area contributed by atoms with E-state index in [0.29, 0.717) is 31.3 Å². The number of fused-ring (bicyclic) bond motifs is 6. The Labute approximate surface area is 362 Å². The van der Waals surface area contributed by atoms with E-state index >= 15 is 8.78 Å². The Hall–Kier alpha value is -5.16. The number of carbonyl (C=O) groups excluding carboxylic acids is 5. The minimum absolute atomic E-state index is 0.0511. The Kier molecular flexibility index (Phi) is 11.0. The summed E-state index contributed by atoms with van der Waals surface area (Å²) in [5.41, 5.74) is -7.27. The van der Waals surface area contributed by atoms with Crippen molar-refractivity contribution in [2.45, 2.75) is 116 Å². The number of hydrogen-bond acceptors (Lipinski definition) is 13. The zero-order valence-electron chi connectivity index (χ0n) is 36.6. The number of nitrogens with zero attached hydrogens (tertiary/aromatic N) is 3. The average molecular weight is 880 g/mol. The Morgan fingerprint density at radius 3 is 2.41 bits per heavy atom. The first-order chi connectivity index (χ1) is 29.6. The molecule has 5 aliphatic carbocycles. The first-order valence-electron chi connectivity index (χ1n) is 21.7. The van der Waals surface area contributed by atoms with Gasteiger partial charge in [0.1, 0.15) is 16.9 Å². The average Bonchev–Trinajstić information content (AvgIpc) is 4.04. The normalized spacial score (nSPS) is 34.0. The summed E-state index contributed by atoms with van der Waals surface area (Å²) in [7, 11) is 1.34. The molecule has 2 heterocycles. The maximum Gasteiger partial charge on any atom is 0.413 e. The van der Waals surface area contributed by atoms with Crippen LogP contribution in [0.5, 0.6) is 5.75 Å². The zero-order chi connectivity index (χ0) is 45.7. The molecule has 1 aromatic heterocycles. The molecule has 17 heteroatoms. The second-order valence-corrected chi connectivity index (χ2v) is 18.9. The third-order valence-corrected chi connectivity index (χ3v) is 15.3. The van der Waals surface area contributed by atoms with Crippen LogP contribution in [0.15, 0.2) is 40.9 Å².